The Labute approximate surface area is 183 Å². The summed E-state index contributed by atoms with van der Waals surface area (Å²) in [5.74, 6) is -1.57. The highest BCUT2D eigenvalue weighted by Crippen LogP contribution is 2.24. The lowest BCUT2D eigenvalue weighted by Crippen LogP contribution is -2.26. The third kappa shape index (κ3) is 5.18. The second-order valence-corrected chi connectivity index (χ2v) is 7.62. The molecule has 0 atom stereocenters. The van der Waals surface area contributed by atoms with Gasteiger partial charge in [0.25, 0.3) is 11.8 Å². The van der Waals surface area contributed by atoms with Crippen molar-refractivity contribution in [1.29, 1.82) is 0 Å². The summed E-state index contributed by atoms with van der Waals surface area (Å²) >= 11 is 0. The Kier molecular flexibility index (Phi) is 5.98. The predicted octanol–water partition coefficient (Wildman–Crippen LogP) is 4.62. The van der Waals surface area contributed by atoms with Crippen molar-refractivity contribution in [2.75, 3.05) is 11.1 Å². The molecule has 1 aliphatic carbocycles. The third-order valence-electron chi connectivity index (χ3n) is 5.06. The number of benzene rings is 3. The van der Waals surface area contributed by atoms with Crippen molar-refractivity contribution in [3.63, 3.8) is 0 Å². The van der Waals surface area contributed by atoms with E-state index in [0.29, 0.717) is 22.3 Å². The zero-order valence-corrected chi connectivity index (χ0v) is 17.1. The Hall–Kier alpha value is -4.00. The summed E-state index contributed by atoms with van der Waals surface area (Å²) in [5.41, 5.74) is 8.25. The zero-order valence-electron chi connectivity index (χ0n) is 17.1. The number of hydrogen-bond donors (Lipinski definition) is 3. The molecule has 1 aliphatic rings. The average Bonchev–Trinajstić information content (AvgIpc) is 3.59. The lowest BCUT2D eigenvalue weighted by molar-refractivity contribution is -0.115. The van der Waals surface area contributed by atoms with Crippen LogP contribution >= 0.6 is 0 Å². The van der Waals surface area contributed by atoms with E-state index in [1.165, 1.54) is 24.3 Å². The highest BCUT2D eigenvalue weighted by Gasteiger charge is 2.25. The highest BCUT2D eigenvalue weighted by molar-refractivity contribution is 6.24. The summed E-state index contributed by atoms with van der Waals surface area (Å²) in [7, 11) is 0. The lowest BCUT2D eigenvalue weighted by Gasteiger charge is -2.10. The van der Waals surface area contributed by atoms with Gasteiger partial charge in [-0.1, -0.05) is 24.3 Å². The number of amides is 2. The molecule has 2 amide bonds. The summed E-state index contributed by atoms with van der Waals surface area (Å²) in [4.78, 5) is 25.2. The predicted molar refractivity (Wildman–Crippen MR) is 121 cm³/mol. The minimum atomic E-state index is -0.507. The molecule has 32 heavy (non-hydrogen) atoms. The first-order chi connectivity index (χ1) is 15.4. The van der Waals surface area contributed by atoms with E-state index < -0.39 is 11.7 Å². The SMILES string of the molecule is Nc1ccc(F)cc1NC(=O)c1ccc(C=C(C(=O)NC2CC2)c2ccc(F)cc2)cc1. The molecule has 7 heteroatoms. The first-order valence-electron chi connectivity index (χ1n) is 10.1. The second kappa shape index (κ2) is 9.01. The van der Waals surface area contributed by atoms with E-state index in [-0.39, 0.29) is 29.1 Å². The van der Waals surface area contributed by atoms with Crippen molar-refractivity contribution in [1.82, 2.24) is 5.32 Å². The van der Waals surface area contributed by atoms with E-state index in [9.17, 15) is 18.4 Å². The van der Waals surface area contributed by atoms with Crippen molar-refractivity contribution in [2.45, 2.75) is 18.9 Å². The van der Waals surface area contributed by atoms with E-state index in [2.05, 4.69) is 10.6 Å². The van der Waals surface area contributed by atoms with Gasteiger partial charge in [-0.3, -0.25) is 9.59 Å². The molecule has 1 saturated carbocycles. The topological polar surface area (TPSA) is 84.2 Å². The number of hydrogen-bond acceptors (Lipinski definition) is 3. The van der Waals surface area contributed by atoms with Crippen LogP contribution in [-0.2, 0) is 4.79 Å². The Bertz CT molecular complexity index is 1180. The number of nitrogens with one attached hydrogen (secondary N) is 2. The molecule has 0 spiro atoms. The fraction of sp³-hybridized carbons (Fsp3) is 0.120. The number of nitrogen functional groups attached to an aromatic ring is 1. The third-order valence-corrected chi connectivity index (χ3v) is 5.06. The van der Waals surface area contributed by atoms with Gasteiger partial charge in [0.1, 0.15) is 11.6 Å². The standard InChI is InChI=1S/C25H21F2N3O2/c26-18-7-5-16(6-8-18)21(25(32)29-20-10-11-20)13-15-1-3-17(4-2-15)24(31)30-23-14-19(27)9-12-22(23)28/h1-9,12-14,20H,10-11,28H2,(H,29,32)(H,30,31). The van der Waals surface area contributed by atoms with Gasteiger partial charge in [0.05, 0.1) is 11.4 Å². The Morgan fingerprint density at radius 1 is 0.875 bits per heavy atom. The normalized spacial score (nSPS) is 13.5. The summed E-state index contributed by atoms with van der Waals surface area (Å²) < 4.78 is 26.8. The van der Waals surface area contributed by atoms with Crippen LogP contribution in [0.15, 0.2) is 66.7 Å². The van der Waals surface area contributed by atoms with Crippen LogP contribution in [0.5, 0.6) is 0 Å². The van der Waals surface area contributed by atoms with Crippen molar-refractivity contribution in [3.05, 3.63) is 95.1 Å². The molecular weight excluding hydrogens is 412 g/mol. The zero-order chi connectivity index (χ0) is 22.7. The fourth-order valence-electron chi connectivity index (χ4n) is 3.13. The Morgan fingerprint density at radius 3 is 2.16 bits per heavy atom. The largest absolute Gasteiger partial charge is 0.397 e. The van der Waals surface area contributed by atoms with Crippen LogP contribution in [0.1, 0.15) is 34.3 Å². The minimum Gasteiger partial charge on any atom is -0.397 e. The van der Waals surface area contributed by atoms with Crippen molar-refractivity contribution in [3.8, 4) is 0 Å². The maximum atomic E-state index is 13.4. The van der Waals surface area contributed by atoms with Crippen LogP contribution in [0.3, 0.4) is 0 Å². The minimum absolute atomic E-state index is 0.174. The van der Waals surface area contributed by atoms with Crippen LogP contribution in [0.4, 0.5) is 20.2 Å². The molecule has 0 saturated heterocycles. The number of carbonyl (C=O) groups is 2. The van der Waals surface area contributed by atoms with Gasteiger partial charge >= 0.3 is 0 Å². The smallest absolute Gasteiger partial charge is 0.255 e. The quantitative estimate of drug-likeness (QED) is 0.301. The molecule has 0 radical (unpaired) electrons. The molecule has 4 rings (SSSR count). The average molecular weight is 433 g/mol. The van der Waals surface area contributed by atoms with Crippen LogP contribution in [-0.4, -0.2) is 17.9 Å². The summed E-state index contributed by atoms with van der Waals surface area (Å²) in [6.45, 7) is 0. The van der Waals surface area contributed by atoms with Gasteiger partial charge in [0.2, 0.25) is 0 Å². The van der Waals surface area contributed by atoms with E-state index in [4.69, 9.17) is 5.73 Å². The second-order valence-electron chi connectivity index (χ2n) is 7.62. The van der Waals surface area contributed by atoms with Crippen molar-refractivity contribution < 1.29 is 18.4 Å². The fourth-order valence-corrected chi connectivity index (χ4v) is 3.13. The van der Waals surface area contributed by atoms with Gasteiger partial charge in [-0.15, -0.1) is 0 Å². The molecule has 0 bridgehead atoms. The maximum Gasteiger partial charge on any atom is 0.255 e. The monoisotopic (exact) mass is 433 g/mol. The van der Waals surface area contributed by atoms with Crippen molar-refractivity contribution in [2.24, 2.45) is 0 Å². The molecular formula is C25H21F2N3O2. The van der Waals surface area contributed by atoms with Crippen LogP contribution in [0.25, 0.3) is 11.6 Å². The summed E-state index contributed by atoms with van der Waals surface area (Å²) in [6.07, 6.45) is 3.58. The van der Waals surface area contributed by atoms with Gasteiger partial charge < -0.3 is 16.4 Å². The molecule has 5 nitrogen and oxygen atoms in total. The first kappa shape index (κ1) is 21.2. The van der Waals surface area contributed by atoms with Crippen LogP contribution < -0.4 is 16.4 Å². The van der Waals surface area contributed by atoms with Gasteiger partial charge in [0.15, 0.2) is 0 Å². The summed E-state index contributed by atoms with van der Waals surface area (Å²) in [5, 5.41) is 5.53. The maximum absolute atomic E-state index is 13.4. The Balaban J connectivity index is 1.56. The highest BCUT2D eigenvalue weighted by atomic mass is 19.1. The molecule has 4 N–H and O–H groups in total. The van der Waals surface area contributed by atoms with Crippen LogP contribution in [0.2, 0.25) is 0 Å². The number of nitrogens with two attached hydrogens (primary N) is 1. The van der Waals surface area contributed by atoms with Crippen LogP contribution in [0, 0.1) is 11.6 Å². The number of carbonyl (C=O) groups excluding carboxylic acids is 2. The molecule has 0 heterocycles. The molecule has 1 fully saturated rings. The number of rotatable bonds is 6. The molecule has 0 aliphatic heterocycles. The van der Waals surface area contributed by atoms with E-state index in [1.807, 2.05) is 0 Å². The van der Waals surface area contributed by atoms with E-state index >= 15 is 0 Å². The summed E-state index contributed by atoms with van der Waals surface area (Å²) in [6, 6.07) is 16.2. The Morgan fingerprint density at radius 2 is 1.50 bits per heavy atom. The molecule has 3 aromatic rings. The molecule has 162 valence electrons. The van der Waals surface area contributed by atoms with Gasteiger partial charge in [0, 0.05) is 17.2 Å². The molecule has 0 unspecified atom stereocenters. The molecule has 0 aromatic heterocycles. The number of anilines is 2. The number of halogens is 2. The van der Waals surface area contributed by atoms with E-state index in [0.717, 1.165) is 18.9 Å². The van der Waals surface area contributed by atoms with Gasteiger partial charge in [-0.2, -0.15) is 0 Å². The van der Waals surface area contributed by atoms with Gasteiger partial charge in [-0.25, -0.2) is 8.78 Å². The van der Waals surface area contributed by atoms with E-state index in [1.54, 1.807) is 42.5 Å². The van der Waals surface area contributed by atoms with Crippen molar-refractivity contribution >= 4 is 34.8 Å². The van der Waals surface area contributed by atoms with Gasteiger partial charge in [-0.05, 0) is 72.5 Å². The molecule has 3 aromatic carbocycles. The lowest BCUT2D eigenvalue weighted by atomic mass is 10.0. The first-order valence-corrected chi connectivity index (χ1v) is 10.1.